The molecule has 0 radical (unpaired) electrons. The highest BCUT2D eigenvalue weighted by Gasteiger charge is 2.29. The van der Waals surface area contributed by atoms with E-state index in [2.05, 4.69) is 10.3 Å². The molecule has 0 aliphatic carbocycles. The molecule has 0 spiro atoms. The van der Waals surface area contributed by atoms with E-state index in [-0.39, 0.29) is 20.8 Å². The number of pyridine rings is 1. The zero-order chi connectivity index (χ0) is 15.7. The Balaban J connectivity index is 2.21. The number of aromatic nitrogens is 1. The third kappa shape index (κ3) is 2.52. The van der Waals surface area contributed by atoms with Crippen molar-refractivity contribution in [1.29, 1.82) is 5.26 Å². The lowest BCUT2D eigenvalue weighted by Crippen LogP contribution is -2.22. The minimum absolute atomic E-state index is 0.0474. The summed E-state index contributed by atoms with van der Waals surface area (Å²) in [7, 11) is 0. The third-order valence-electron chi connectivity index (χ3n) is 3.33. The summed E-state index contributed by atoms with van der Waals surface area (Å²) in [5, 5.41) is 12.8. The topological polar surface area (TPSA) is 51.7 Å². The summed E-state index contributed by atoms with van der Waals surface area (Å²) in [6.45, 7) is 1.42. The molecule has 1 N–H and O–H groups in total. The Hall–Kier alpha value is -1.80. The first kappa shape index (κ1) is 15.1. The van der Waals surface area contributed by atoms with Gasteiger partial charge in [-0.2, -0.15) is 5.26 Å². The van der Waals surface area contributed by atoms with Crippen LogP contribution in [0.2, 0.25) is 15.2 Å². The van der Waals surface area contributed by atoms with E-state index in [0.717, 1.165) is 17.9 Å². The van der Waals surface area contributed by atoms with E-state index in [4.69, 9.17) is 40.1 Å². The van der Waals surface area contributed by atoms with Crippen LogP contribution < -0.4 is 5.32 Å². The van der Waals surface area contributed by atoms with Crippen molar-refractivity contribution in [3.05, 3.63) is 56.7 Å². The van der Waals surface area contributed by atoms with Crippen LogP contribution in [0.1, 0.15) is 11.1 Å². The van der Waals surface area contributed by atoms with Crippen molar-refractivity contribution >= 4 is 46.5 Å². The van der Waals surface area contributed by atoms with Gasteiger partial charge in [-0.25, -0.2) is 4.58 Å². The molecular formula is C15H10Cl3N4+. The molecule has 1 aliphatic heterocycles. The van der Waals surface area contributed by atoms with Crippen molar-refractivity contribution < 1.29 is 4.58 Å². The summed E-state index contributed by atoms with van der Waals surface area (Å²) >= 11 is 18.5. The van der Waals surface area contributed by atoms with Crippen LogP contribution >= 0.6 is 34.8 Å². The summed E-state index contributed by atoms with van der Waals surface area (Å²) in [6.07, 6.45) is 0. The molecule has 3 rings (SSSR count). The number of halogens is 3. The summed E-state index contributed by atoms with van der Waals surface area (Å²) < 4.78 is 1.91. The molecule has 1 aromatic heterocycles. The number of hydrogen-bond donors (Lipinski definition) is 1. The molecule has 22 heavy (non-hydrogen) atoms. The van der Waals surface area contributed by atoms with Gasteiger partial charge in [0.05, 0.1) is 11.6 Å². The predicted octanol–water partition coefficient (Wildman–Crippen LogP) is 3.61. The Morgan fingerprint density at radius 1 is 1.14 bits per heavy atom. The smallest absolute Gasteiger partial charge is 0.285 e. The Kier molecular flexibility index (Phi) is 4.21. The summed E-state index contributed by atoms with van der Waals surface area (Å²) in [5.74, 6) is 1.33. The van der Waals surface area contributed by atoms with Crippen molar-refractivity contribution in [1.82, 2.24) is 10.3 Å². The number of benzene rings is 1. The minimum Gasteiger partial charge on any atom is -0.302 e. The van der Waals surface area contributed by atoms with Crippen LogP contribution in [0.3, 0.4) is 0 Å². The number of rotatable bonds is 2. The van der Waals surface area contributed by atoms with Gasteiger partial charge in [-0.05, 0) is 23.7 Å². The standard InChI is InChI=1S/C15H9Cl3N4/c16-11-10(8-19)13(18)21-15(12(11)17)22-7-6-20-14(22)9-4-2-1-3-5-9/h1-5H,6-7H2/p+1. The fourth-order valence-corrected chi connectivity index (χ4v) is 3.05. The fourth-order valence-electron chi connectivity index (χ4n) is 2.33. The van der Waals surface area contributed by atoms with Crippen molar-refractivity contribution in [2.45, 2.75) is 0 Å². The van der Waals surface area contributed by atoms with Gasteiger partial charge in [-0.1, -0.05) is 46.4 Å². The van der Waals surface area contributed by atoms with Gasteiger partial charge in [-0.3, -0.25) is 0 Å². The first-order chi connectivity index (χ1) is 10.6. The molecule has 7 heteroatoms. The van der Waals surface area contributed by atoms with Crippen molar-refractivity contribution in [2.24, 2.45) is 0 Å². The van der Waals surface area contributed by atoms with Gasteiger partial charge in [0.1, 0.15) is 23.2 Å². The Morgan fingerprint density at radius 2 is 1.86 bits per heavy atom. The lowest BCUT2D eigenvalue weighted by atomic mass is 10.2. The minimum atomic E-state index is 0.0474. The van der Waals surface area contributed by atoms with Gasteiger partial charge < -0.3 is 5.32 Å². The summed E-state index contributed by atoms with van der Waals surface area (Å²) in [6, 6.07) is 11.7. The van der Waals surface area contributed by atoms with Crippen LogP contribution in [-0.4, -0.2) is 28.5 Å². The maximum absolute atomic E-state index is 9.06. The highest BCUT2D eigenvalue weighted by molar-refractivity contribution is 6.45. The maximum atomic E-state index is 9.06. The second kappa shape index (κ2) is 6.13. The number of hydrogen-bond acceptors (Lipinski definition) is 3. The quantitative estimate of drug-likeness (QED) is 0.663. The molecule has 110 valence electrons. The van der Waals surface area contributed by atoms with Crippen LogP contribution in [-0.2, 0) is 0 Å². The Labute approximate surface area is 142 Å². The third-order valence-corrected chi connectivity index (χ3v) is 4.44. The molecule has 1 aliphatic rings. The second-order valence-corrected chi connectivity index (χ2v) is 5.75. The number of nitrogens with zero attached hydrogens (tertiary/aromatic N) is 3. The van der Waals surface area contributed by atoms with Gasteiger partial charge in [-0.15, -0.1) is 0 Å². The van der Waals surface area contributed by atoms with Gasteiger partial charge in [0.15, 0.2) is 0 Å². The van der Waals surface area contributed by atoms with Gasteiger partial charge in [0.2, 0.25) is 11.0 Å². The van der Waals surface area contributed by atoms with E-state index in [9.17, 15) is 0 Å². The summed E-state index contributed by atoms with van der Waals surface area (Å²) in [5.41, 5.74) is 1.10. The molecule has 0 saturated carbocycles. The predicted molar refractivity (Wildman–Crippen MR) is 87.3 cm³/mol. The molecular weight excluding hydrogens is 343 g/mol. The molecule has 2 heterocycles. The number of amidine groups is 1. The average molecular weight is 353 g/mol. The lowest BCUT2D eigenvalue weighted by molar-refractivity contribution is -0.432. The summed E-state index contributed by atoms with van der Waals surface area (Å²) in [4.78, 5) is 4.25. The molecule has 0 bridgehead atoms. The van der Waals surface area contributed by atoms with Crippen LogP contribution in [0.5, 0.6) is 0 Å². The van der Waals surface area contributed by atoms with E-state index in [1.54, 1.807) is 0 Å². The van der Waals surface area contributed by atoms with Crippen LogP contribution in [0.25, 0.3) is 0 Å². The van der Waals surface area contributed by atoms with Gasteiger partial charge in [0, 0.05) is 5.56 Å². The average Bonchev–Trinajstić information content (AvgIpc) is 3.01. The van der Waals surface area contributed by atoms with Crippen molar-refractivity contribution in [3.8, 4) is 6.07 Å². The zero-order valence-corrected chi connectivity index (χ0v) is 13.5. The molecule has 0 unspecified atom stereocenters. The highest BCUT2D eigenvalue weighted by atomic mass is 35.5. The molecule has 0 saturated heterocycles. The van der Waals surface area contributed by atoms with Crippen molar-refractivity contribution in [3.63, 3.8) is 0 Å². The second-order valence-electron chi connectivity index (χ2n) is 4.63. The molecule has 0 amide bonds. The van der Waals surface area contributed by atoms with Crippen LogP contribution in [0, 0.1) is 11.3 Å². The SMILES string of the molecule is N#Cc1c(Cl)nc([N+]2=C(c3ccccc3)NCC2)c(Cl)c1Cl. The largest absolute Gasteiger partial charge is 0.302 e. The monoisotopic (exact) mass is 351 g/mol. The lowest BCUT2D eigenvalue weighted by Gasteiger charge is -2.07. The first-order valence-electron chi connectivity index (χ1n) is 6.52. The normalized spacial score (nSPS) is 13.9. The highest BCUT2D eigenvalue weighted by Crippen LogP contribution is 2.36. The Bertz CT molecular complexity index is 810. The first-order valence-corrected chi connectivity index (χ1v) is 7.65. The number of nitriles is 1. The Morgan fingerprint density at radius 3 is 2.55 bits per heavy atom. The van der Waals surface area contributed by atoms with Crippen LogP contribution in [0.15, 0.2) is 30.3 Å². The molecule has 2 aromatic rings. The molecule has 0 atom stereocenters. The van der Waals surface area contributed by atoms with E-state index >= 15 is 0 Å². The van der Waals surface area contributed by atoms with Gasteiger partial charge >= 0.3 is 0 Å². The maximum Gasteiger partial charge on any atom is 0.285 e. The molecule has 0 fully saturated rings. The molecule has 4 nitrogen and oxygen atoms in total. The van der Waals surface area contributed by atoms with E-state index in [1.165, 1.54) is 0 Å². The molecule has 1 aromatic carbocycles. The van der Waals surface area contributed by atoms with Crippen molar-refractivity contribution in [2.75, 3.05) is 13.1 Å². The van der Waals surface area contributed by atoms with Crippen LogP contribution in [0.4, 0.5) is 5.82 Å². The van der Waals surface area contributed by atoms with Gasteiger partial charge in [0.25, 0.3) is 5.82 Å². The number of nitrogens with one attached hydrogen (secondary N) is 1. The zero-order valence-electron chi connectivity index (χ0n) is 11.3. The fraction of sp³-hybridized carbons (Fsp3) is 0.133. The van der Waals surface area contributed by atoms with E-state index in [0.29, 0.717) is 12.4 Å². The van der Waals surface area contributed by atoms with E-state index in [1.807, 2.05) is 41.0 Å². The van der Waals surface area contributed by atoms with E-state index < -0.39 is 0 Å².